The molecule has 3 aromatic rings. The first-order valence-corrected chi connectivity index (χ1v) is 9.76. The number of nitrogens with one attached hydrogen (secondary N) is 3. The van der Waals surface area contributed by atoms with Crippen molar-refractivity contribution in [1.82, 2.24) is 20.6 Å². The third kappa shape index (κ3) is 6.56. The molecule has 2 heterocycles. The molecule has 0 radical (unpaired) electrons. The van der Waals surface area contributed by atoms with Crippen LogP contribution >= 0.6 is 12.2 Å². The fraction of sp³-hybridized carbons (Fsp3) is 0.238. The summed E-state index contributed by atoms with van der Waals surface area (Å²) in [5, 5.41) is 9.67. The lowest BCUT2D eigenvalue weighted by Gasteiger charge is -2.14. The molecule has 0 atom stereocenters. The van der Waals surface area contributed by atoms with E-state index >= 15 is 0 Å². The number of furan rings is 1. The zero-order valence-electron chi connectivity index (χ0n) is 17.1. The molecule has 0 saturated carbocycles. The molecule has 3 rings (SSSR count). The fourth-order valence-electron chi connectivity index (χ4n) is 2.67. The zero-order chi connectivity index (χ0) is 21.3. The van der Waals surface area contributed by atoms with E-state index in [1.165, 1.54) is 0 Å². The van der Waals surface area contributed by atoms with Crippen LogP contribution in [0.15, 0.2) is 58.1 Å². The molecular formula is C21H24N6O2S. The van der Waals surface area contributed by atoms with Crippen LogP contribution in [0.1, 0.15) is 22.7 Å². The number of thiocarbonyl (C=S) groups is 1. The van der Waals surface area contributed by atoms with Crippen LogP contribution in [-0.2, 0) is 13.1 Å². The molecule has 0 unspecified atom stereocenters. The second kappa shape index (κ2) is 10.4. The van der Waals surface area contributed by atoms with Gasteiger partial charge in [0.1, 0.15) is 11.5 Å². The first-order valence-electron chi connectivity index (χ1n) is 9.36. The summed E-state index contributed by atoms with van der Waals surface area (Å²) in [6.07, 6.45) is 1.62. The van der Waals surface area contributed by atoms with Crippen molar-refractivity contribution in [2.75, 3.05) is 12.4 Å². The Hall–Kier alpha value is -3.46. The average Bonchev–Trinajstić information content (AvgIpc) is 3.23. The van der Waals surface area contributed by atoms with Crippen molar-refractivity contribution in [2.45, 2.75) is 26.9 Å². The number of rotatable bonds is 6. The molecule has 0 amide bonds. The summed E-state index contributed by atoms with van der Waals surface area (Å²) in [7, 11) is 1.64. The molecule has 156 valence electrons. The normalized spacial score (nSPS) is 11.1. The Labute approximate surface area is 180 Å². The van der Waals surface area contributed by atoms with E-state index in [-0.39, 0.29) is 0 Å². The molecule has 9 heteroatoms. The Morgan fingerprint density at radius 2 is 1.93 bits per heavy atom. The third-order valence-electron chi connectivity index (χ3n) is 4.00. The van der Waals surface area contributed by atoms with Crippen LogP contribution in [0.4, 0.5) is 5.95 Å². The predicted molar refractivity (Wildman–Crippen MR) is 121 cm³/mol. The van der Waals surface area contributed by atoms with E-state index in [2.05, 4.69) is 30.9 Å². The van der Waals surface area contributed by atoms with Crippen LogP contribution in [0.5, 0.6) is 5.75 Å². The summed E-state index contributed by atoms with van der Waals surface area (Å²) in [5.74, 6) is 2.43. The van der Waals surface area contributed by atoms with Crippen molar-refractivity contribution in [3.8, 4) is 5.75 Å². The highest BCUT2D eigenvalue weighted by Crippen LogP contribution is 2.13. The van der Waals surface area contributed by atoms with E-state index in [4.69, 9.17) is 21.4 Å². The second-order valence-electron chi connectivity index (χ2n) is 6.50. The van der Waals surface area contributed by atoms with Crippen LogP contribution in [0.3, 0.4) is 0 Å². The number of hydrogen-bond acceptors (Lipinski definition) is 6. The third-order valence-corrected chi connectivity index (χ3v) is 4.25. The first kappa shape index (κ1) is 21.3. The summed E-state index contributed by atoms with van der Waals surface area (Å²) in [5.41, 5.74) is 2.71. The van der Waals surface area contributed by atoms with E-state index in [0.29, 0.717) is 30.1 Å². The predicted octanol–water partition coefficient (Wildman–Crippen LogP) is 3.33. The Morgan fingerprint density at radius 3 is 2.63 bits per heavy atom. The highest BCUT2D eigenvalue weighted by molar-refractivity contribution is 7.80. The molecule has 0 saturated heterocycles. The van der Waals surface area contributed by atoms with Crippen LogP contribution in [0.25, 0.3) is 0 Å². The fourth-order valence-corrected chi connectivity index (χ4v) is 2.84. The van der Waals surface area contributed by atoms with Crippen molar-refractivity contribution in [3.63, 3.8) is 0 Å². The zero-order valence-corrected chi connectivity index (χ0v) is 17.9. The number of aromatic nitrogens is 2. The molecule has 1 aromatic carbocycles. The molecule has 8 nitrogen and oxygen atoms in total. The van der Waals surface area contributed by atoms with Crippen LogP contribution in [0, 0.1) is 13.8 Å². The SMILES string of the molecule is COc1cccc(CN=C(NC(=S)NCc2ccco2)Nc2nc(C)cc(C)n2)c1. The lowest BCUT2D eigenvalue weighted by atomic mass is 10.2. The average molecular weight is 425 g/mol. The quantitative estimate of drug-likeness (QED) is 0.315. The number of nitrogens with zero attached hydrogens (tertiary/aromatic N) is 3. The van der Waals surface area contributed by atoms with Crippen LogP contribution in [-0.4, -0.2) is 28.1 Å². The smallest absolute Gasteiger partial charge is 0.229 e. The van der Waals surface area contributed by atoms with Gasteiger partial charge in [0.25, 0.3) is 0 Å². The molecule has 30 heavy (non-hydrogen) atoms. The van der Waals surface area contributed by atoms with Gasteiger partial charge in [-0.2, -0.15) is 0 Å². The first-order chi connectivity index (χ1) is 14.5. The number of ether oxygens (including phenoxy) is 1. The maximum Gasteiger partial charge on any atom is 0.229 e. The maximum atomic E-state index is 5.40. The number of anilines is 1. The standard InChI is InChI=1S/C21H24N6O2S/c1-14-10-15(2)25-20(24-14)26-19(22-12-16-6-4-7-17(11-16)28-3)27-21(30)23-13-18-8-5-9-29-18/h4-11H,12-13H2,1-3H3,(H3,22,23,24,25,26,27,30). The largest absolute Gasteiger partial charge is 0.497 e. The van der Waals surface area contributed by atoms with Gasteiger partial charge >= 0.3 is 0 Å². The van der Waals surface area contributed by atoms with Crippen LogP contribution < -0.4 is 20.7 Å². The van der Waals surface area contributed by atoms with Crippen molar-refractivity contribution >= 4 is 29.2 Å². The molecule has 2 aromatic heterocycles. The summed E-state index contributed by atoms with van der Waals surface area (Å²) in [6.45, 7) is 4.70. The summed E-state index contributed by atoms with van der Waals surface area (Å²) >= 11 is 5.40. The molecule has 0 spiro atoms. The Kier molecular flexibility index (Phi) is 7.34. The van der Waals surface area contributed by atoms with E-state index in [1.54, 1.807) is 13.4 Å². The highest BCUT2D eigenvalue weighted by atomic mass is 32.1. The minimum atomic E-state index is 0.396. The lowest BCUT2D eigenvalue weighted by molar-refractivity contribution is 0.414. The van der Waals surface area contributed by atoms with Crippen molar-refractivity contribution in [2.24, 2.45) is 4.99 Å². The monoisotopic (exact) mass is 424 g/mol. The second-order valence-corrected chi connectivity index (χ2v) is 6.91. The number of hydrogen-bond donors (Lipinski definition) is 3. The van der Waals surface area contributed by atoms with Crippen molar-refractivity contribution in [3.05, 3.63) is 71.4 Å². The van der Waals surface area contributed by atoms with Gasteiger partial charge in [-0.1, -0.05) is 12.1 Å². The molecule has 3 N–H and O–H groups in total. The van der Waals surface area contributed by atoms with Gasteiger partial charge in [-0.25, -0.2) is 15.0 Å². The molecular weight excluding hydrogens is 400 g/mol. The topological polar surface area (TPSA) is 96.6 Å². The number of benzene rings is 1. The lowest BCUT2D eigenvalue weighted by Crippen LogP contribution is -2.42. The summed E-state index contributed by atoms with van der Waals surface area (Å²) in [4.78, 5) is 13.4. The highest BCUT2D eigenvalue weighted by Gasteiger charge is 2.08. The van der Waals surface area contributed by atoms with E-state index < -0.39 is 0 Å². The Bertz CT molecular complexity index is 1000. The van der Waals surface area contributed by atoms with Gasteiger partial charge in [0.15, 0.2) is 5.11 Å². The van der Waals surface area contributed by atoms with Gasteiger partial charge in [0.2, 0.25) is 11.9 Å². The summed E-state index contributed by atoms with van der Waals surface area (Å²) < 4.78 is 10.6. The van der Waals surface area contributed by atoms with Gasteiger partial charge in [0, 0.05) is 11.4 Å². The summed E-state index contributed by atoms with van der Waals surface area (Å²) in [6, 6.07) is 13.3. The number of methoxy groups -OCH3 is 1. The van der Waals surface area contributed by atoms with Crippen molar-refractivity contribution < 1.29 is 9.15 Å². The molecule has 0 fully saturated rings. The Morgan fingerprint density at radius 1 is 1.13 bits per heavy atom. The van der Waals surface area contributed by atoms with Gasteiger partial charge in [-0.05, 0) is 62.0 Å². The number of guanidine groups is 1. The minimum Gasteiger partial charge on any atom is -0.497 e. The molecule has 0 aliphatic heterocycles. The van der Waals surface area contributed by atoms with Gasteiger partial charge in [0.05, 0.1) is 26.5 Å². The van der Waals surface area contributed by atoms with Gasteiger partial charge in [-0.3, -0.25) is 5.32 Å². The minimum absolute atomic E-state index is 0.396. The van der Waals surface area contributed by atoms with E-state index in [9.17, 15) is 0 Å². The Balaban J connectivity index is 1.73. The van der Waals surface area contributed by atoms with E-state index in [0.717, 1.165) is 28.5 Å². The maximum absolute atomic E-state index is 5.40. The van der Waals surface area contributed by atoms with Crippen LogP contribution in [0.2, 0.25) is 0 Å². The molecule has 0 aliphatic rings. The number of aliphatic imine (C=N–C) groups is 1. The van der Waals surface area contributed by atoms with E-state index in [1.807, 2.05) is 56.3 Å². The van der Waals surface area contributed by atoms with Gasteiger partial charge < -0.3 is 19.8 Å². The molecule has 0 aliphatic carbocycles. The van der Waals surface area contributed by atoms with Crippen molar-refractivity contribution in [1.29, 1.82) is 0 Å². The number of aryl methyl sites for hydroxylation is 2. The van der Waals surface area contributed by atoms with Gasteiger partial charge in [-0.15, -0.1) is 0 Å². The molecule has 0 bridgehead atoms.